The lowest BCUT2D eigenvalue weighted by molar-refractivity contribution is 0.492. The van der Waals surface area contributed by atoms with E-state index in [2.05, 4.69) is 5.32 Å². The van der Waals surface area contributed by atoms with E-state index in [4.69, 9.17) is 23.2 Å². The van der Waals surface area contributed by atoms with Crippen molar-refractivity contribution >= 4 is 33.0 Å². The van der Waals surface area contributed by atoms with E-state index < -0.39 is 9.84 Å². The quantitative estimate of drug-likeness (QED) is 0.873. The van der Waals surface area contributed by atoms with Gasteiger partial charge in [-0.3, -0.25) is 0 Å². The van der Waals surface area contributed by atoms with Gasteiger partial charge in [-0.05, 0) is 37.1 Å². The molecular formula is C13H19Cl2NO2S. The van der Waals surface area contributed by atoms with Crippen LogP contribution >= 0.6 is 23.2 Å². The van der Waals surface area contributed by atoms with Gasteiger partial charge in [0.05, 0.1) is 15.8 Å². The van der Waals surface area contributed by atoms with Crippen LogP contribution < -0.4 is 5.32 Å². The zero-order valence-electron chi connectivity index (χ0n) is 11.3. The largest absolute Gasteiger partial charge is 0.310 e. The second-order valence-electron chi connectivity index (χ2n) is 5.00. The normalized spacial score (nSPS) is 15.2. The van der Waals surface area contributed by atoms with Gasteiger partial charge in [-0.1, -0.05) is 36.2 Å². The molecule has 0 aliphatic carbocycles. The Labute approximate surface area is 125 Å². The Kier molecular flexibility index (Phi) is 6.12. The fourth-order valence-corrected chi connectivity index (χ4v) is 3.31. The van der Waals surface area contributed by atoms with Gasteiger partial charge in [-0.2, -0.15) is 0 Å². The summed E-state index contributed by atoms with van der Waals surface area (Å²) in [7, 11) is -2.93. The van der Waals surface area contributed by atoms with E-state index in [-0.39, 0.29) is 17.7 Å². The predicted molar refractivity (Wildman–Crippen MR) is 81.8 cm³/mol. The molecule has 0 aliphatic heterocycles. The first-order chi connectivity index (χ1) is 8.69. The Balaban J connectivity index is 2.55. The molecule has 0 aromatic heterocycles. The van der Waals surface area contributed by atoms with Gasteiger partial charge in [0.2, 0.25) is 0 Å². The molecule has 1 aromatic carbocycles. The van der Waals surface area contributed by atoms with Gasteiger partial charge >= 0.3 is 0 Å². The average molecular weight is 324 g/mol. The number of hydrogen-bond donors (Lipinski definition) is 1. The second kappa shape index (κ2) is 6.93. The van der Waals surface area contributed by atoms with Crippen LogP contribution in [0.15, 0.2) is 18.2 Å². The maximum atomic E-state index is 11.2. The molecule has 0 radical (unpaired) electrons. The number of sulfone groups is 1. The Morgan fingerprint density at radius 2 is 1.84 bits per heavy atom. The van der Waals surface area contributed by atoms with Crippen molar-refractivity contribution in [1.29, 1.82) is 0 Å². The van der Waals surface area contributed by atoms with E-state index in [1.54, 1.807) is 6.07 Å². The van der Waals surface area contributed by atoms with Crippen molar-refractivity contribution in [3.05, 3.63) is 33.8 Å². The first-order valence-corrected chi connectivity index (χ1v) is 8.86. The molecule has 0 bridgehead atoms. The number of halogens is 2. The molecule has 1 aromatic rings. The fourth-order valence-electron chi connectivity index (χ4n) is 1.85. The zero-order chi connectivity index (χ0) is 14.6. The topological polar surface area (TPSA) is 46.2 Å². The van der Waals surface area contributed by atoms with Crippen LogP contribution in [0.3, 0.4) is 0 Å². The van der Waals surface area contributed by atoms with Gasteiger partial charge in [0.1, 0.15) is 9.84 Å². The number of hydrogen-bond acceptors (Lipinski definition) is 3. The summed E-state index contributed by atoms with van der Waals surface area (Å²) in [6, 6.07) is 5.59. The van der Waals surface area contributed by atoms with Gasteiger partial charge in [0, 0.05) is 12.3 Å². The smallest absolute Gasteiger partial charge is 0.147 e. The van der Waals surface area contributed by atoms with E-state index >= 15 is 0 Å². The molecular weight excluding hydrogens is 305 g/mol. The lowest BCUT2D eigenvalue weighted by Gasteiger charge is -2.18. The van der Waals surface area contributed by atoms with Gasteiger partial charge in [0.25, 0.3) is 0 Å². The molecule has 0 spiro atoms. The SMILES string of the molecule is C[C@@H](CN[C@H](C)c1ccc(Cl)c(Cl)c1)CS(C)(=O)=O. The monoisotopic (exact) mass is 323 g/mol. The summed E-state index contributed by atoms with van der Waals surface area (Å²) in [5, 5.41) is 4.36. The van der Waals surface area contributed by atoms with Gasteiger partial charge in [0.15, 0.2) is 0 Å². The maximum Gasteiger partial charge on any atom is 0.147 e. The summed E-state index contributed by atoms with van der Waals surface area (Å²) in [6.07, 6.45) is 1.26. The Bertz CT molecular complexity index is 531. The van der Waals surface area contributed by atoms with Gasteiger partial charge in [-0.15, -0.1) is 0 Å². The average Bonchev–Trinajstić information content (AvgIpc) is 2.27. The van der Waals surface area contributed by atoms with Gasteiger partial charge in [-0.25, -0.2) is 8.42 Å². The summed E-state index contributed by atoms with van der Waals surface area (Å²) in [6.45, 7) is 4.55. The molecule has 0 aliphatic rings. The lowest BCUT2D eigenvalue weighted by Crippen LogP contribution is -2.28. The molecule has 0 saturated heterocycles. The number of benzene rings is 1. The predicted octanol–water partition coefficient (Wildman–Crippen LogP) is 3.32. The molecule has 2 atom stereocenters. The third-order valence-electron chi connectivity index (χ3n) is 2.80. The Hall–Kier alpha value is -0.290. The van der Waals surface area contributed by atoms with Crippen LogP contribution in [0.5, 0.6) is 0 Å². The highest BCUT2D eigenvalue weighted by Crippen LogP contribution is 2.25. The lowest BCUT2D eigenvalue weighted by atomic mass is 10.1. The molecule has 0 unspecified atom stereocenters. The molecule has 6 heteroatoms. The van der Waals surface area contributed by atoms with Crippen molar-refractivity contribution in [1.82, 2.24) is 5.32 Å². The molecule has 3 nitrogen and oxygen atoms in total. The molecule has 108 valence electrons. The van der Waals surface area contributed by atoms with Crippen LogP contribution in [-0.4, -0.2) is 27.0 Å². The minimum Gasteiger partial charge on any atom is -0.310 e. The van der Waals surface area contributed by atoms with E-state index in [9.17, 15) is 8.42 Å². The second-order valence-corrected chi connectivity index (χ2v) is 8.00. The number of rotatable bonds is 6. The minimum atomic E-state index is -2.93. The Morgan fingerprint density at radius 1 is 1.21 bits per heavy atom. The summed E-state index contributed by atoms with van der Waals surface area (Å²) in [4.78, 5) is 0. The van der Waals surface area contributed by atoms with Crippen LogP contribution in [0, 0.1) is 5.92 Å². The summed E-state index contributed by atoms with van der Waals surface area (Å²) in [5.74, 6) is 0.258. The van der Waals surface area contributed by atoms with Crippen molar-refractivity contribution in [2.75, 3.05) is 18.6 Å². The van der Waals surface area contributed by atoms with Crippen LogP contribution in [0.1, 0.15) is 25.5 Å². The van der Waals surface area contributed by atoms with Crippen LogP contribution in [0.25, 0.3) is 0 Å². The zero-order valence-corrected chi connectivity index (χ0v) is 13.6. The fraction of sp³-hybridized carbons (Fsp3) is 0.538. The van der Waals surface area contributed by atoms with E-state index in [1.165, 1.54) is 6.26 Å². The number of nitrogens with one attached hydrogen (secondary N) is 1. The Morgan fingerprint density at radius 3 is 2.37 bits per heavy atom. The van der Waals surface area contributed by atoms with Crippen LogP contribution in [-0.2, 0) is 9.84 Å². The van der Waals surface area contributed by atoms with Crippen molar-refractivity contribution < 1.29 is 8.42 Å². The maximum absolute atomic E-state index is 11.2. The van der Waals surface area contributed by atoms with E-state index in [0.717, 1.165) is 5.56 Å². The molecule has 19 heavy (non-hydrogen) atoms. The molecule has 1 N–H and O–H groups in total. The van der Waals surface area contributed by atoms with Crippen molar-refractivity contribution in [2.24, 2.45) is 5.92 Å². The van der Waals surface area contributed by atoms with Crippen LogP contribution in [0.4, 0.5) is 0 Å². The highest BCUT2D eigenvalue weighted by atomic mass is 35.5. The molecule has 1 rings (SSSR count). The summed E-state index contributed by atoms with van der Waals surface area (Å²) in [5.41, 5.74) is 1.03. The molecule has 0 fully saturated rings. The highest BCUT2D eigenvalue weighted by molar-refractivity contribution is 7.90. The first-order valence-electron chi connectivity index (χ1n) is 6.05. The van der Waals surface area contributed by atoms with E-state index in [1.807, 2.05) is 26.0 Å². The van der Waals surface area contributed by atoms with Gasteiger partial charge < -0.3 is 5.32 Å². The molecule has 0 amide bonds. The van der Waals surface area contributed by atoms with Crippen molar-refractivity contribution in [3.63, 3.8) is 0 Å². The first kappa shape index (κ1) is 16.8. The van der Waals surface area contributed by atoms with E-state index in [0.29, 0.717) is 16.6 Å². The standard InChI is InChI=1S/C13H19Cl2NO2S/c1-9(8-19(3,17)18)7-16-10(2)11-4-5-12(14)13(15)6-11/h4-6,9-10,16H,7-8H2,1-3H3/t9-,10+/m0/s1. The third-order valence-corrected chi connectivity index (χ3v) is 4.72. The third kappa shape index (κ3) is 6.13. The minimum absolute atomic E-state index is 0.0697. The summed E-state index contributed by atoms with van der Waals surface area (Å²) >= 11 is 11.8. The molecule has 0 saturated carbocycles. The highest BCUT2D eigenvalue weighted by Gasteiger charge is 2.13. The van der Waals surface area contributed by atoms with Crippen LogP contribution in [0.2, 0.25) is 10.0 Å². The molecule has 0 heterocycles. The van der Waals surface area contributed by atoms with Crippen molar-refractivity contribution in [3.8, 4) is 0 Å². The summed E-state index contributed by atoms with van der Waals surface area (Å²) < 4.78 is 22.4. The van der Waals surface area contributed by atoms with Crippen molar-refractivity contribution in [2.45, 2.75) is 19.9 Å².